The fraction of sp³-hybridized carbons (Fsp3) is 0.842. The average Bonchev–Trinajstić information content (AvgIpc) is 2.48. The van der Waals surface area contributed by atoms with Gasteiger partial charge in [-0.2, -0.15) is 24.4 Å². The van der Waals surface area contributed by atoms with Crippen molar-refractivity contribution in [3.63, 3.8) is 0 Å². The zero-order valence-corrected chi connectivity index (χ0v) is 17.3. The summed E-state index contributed by atoms with van der Waals surface area (Å²) < 4.78 is 10.8. The monoisotopic (exact) mass is 374 g/mol. The van der Waals surface area contributed by atoms with Gasteiger partial charge >= 0.3 is 0 Å². The number of allylic oxidation sites excluding steroid dienone is 2. The van der Waals surface area contributed by atoms with Gasteiger partial charge in [-0.1, -0.05) is 39.8 Å². The Labute approximate surface area is 157 Å². The van der Waals surface area contributed by atoms with Crippen LogP contribution in [0.25, 0.3) is 0 Å². The first-order valence-corrected chi connectivity index (χ1v) is 10.6. The van der Waals surface area contributed by atoms with Gasteiger partial charge in [0, 0.05) is 29.1 Å². The molecule has 0 N–H and O–H groups in total. The van der Waals surface area contributed by atoms with E-state index in [-0.39, 0.29) is 11.3 Å². The molecule has 0 saturated carbocycles. The fourth-order valence-corrected chi connectivity index (χ4v) is 4.46. The highest BCUT2D eigenvalue weighted by Crippen LogP contribution is 2.42. The highest BCUT2D eigenvalue weighted by atomic mass is 32.2. The molecule has 0 aromatic heterocycles. The fourth-order valence-electron chi connectivity index (χ4n) is 3.43. The highest BCUT2D eigenvalue weighted by Gasteiger charge is 2.39. The first-order chi connectivity index (χ1) is 11.4. The van der Waals surface area contributed by atoms with Crippen LogP contribution in [0.5, 0.6) is 0 Å². The number of rotatable bonds is 12. The van der Waals surface area contributed by atoms with Crippen molar-refractivity contribution in [1.29, 1.82) is 0 Å². The van der Waals surface area contributed by atoms with E-state index in [0.29, 0.717) is 49.8 Å². The van der Waals surface area contributed by atoms with Crippen molar-refractivity contribution in [3.05, 3.63) is 12.2 Å². The maximum absolute atomic E-state index is 12.8. The molecule has 0 aromatic rings. The lowest BCUT2D eigenvalue weighted by molar-refractivity contribution is -0.128. The van der Waals surface area contributed by atoms with Crippen molar-refractivity contribution in [3.8, 4) is 0 Å². The zero-order valence-electron chi connectivity index (χ0n) is 15.6. The minimum atomic E-state index is 0.0752. The SMILES string of the molecule is CC(CC(=O)C1C(C)C=CCC1(C)C)SCCOCCOCCS. The maximum atomic E-state index is 12.8. The van der Waals surface area contributed by atoms with Crippen molar-refractivity contribution in [2.24, 2.45) is 17.3 Å². The minimum absolute atomic E-state index is 0.0752. The quantitative estimate of drug-likeness (QED) is 0.314. The van der Waals surface area contributed by atoms with Gasteiger partial charge in [0.25, 0.3) is 0 Å². The second-order valence-electron chi connectivity index (χ2n) is 7.26. The number of ketones is 1. The predicted octanol–water partition coefficient (Wildman–Crippen LogP) is 4.27. The van der Waals surface area contributed by atoms with Crippen LogP contribution >= 0.6 is 24.4 Å². The molecular formula is C19H34O3S2. The molecule has 0 bridgehead atoms. The molecule has 0 fully saturated rings. The number of thioether (sulfide) groups is 1. The van der Waals surface area contributed by atoms with Crippen LogP contribution in [0.15, 0.2) is 12.2 Å². The van der Waals surface area contributed by atoms with Crippen LogP contribution < -0.4 is 0 Å². The molecule has 3 unspecified atom stereocenters. The summed E-state index contributed by atoms with van der Waals surface area (Å²) in [7, 11) is 0. The van der Waals surface area contributed by atoms with Crippen molar-refractivity contribution < 1.29 is 14.3 Å². The van der Waals surface area contributed by atoms with E-state index in [1.165, 1.54) is 0 Å². The summed E-state index contributed by atoms with van der Waals surface area (Å²) in [5.74, 6) is 2.57. The van der Waals surface area contributed by atoms with Gasteiger partial charge in [-0.15, -0.1) is 0 Å². The molecular weight excluding hydrogens is 340 g/mol. The van der Waals surface area contributed by atoms with E-state index in [9.17, 15) is 4.79 Å². The van der Waals surface area contributed by atoms with Gasteiger partial charge < -0.3 is 9.47 Å². The number of hydrogen-bond donors (Lipinski definition) is 1. The van der Waals surface area contributed by atoms with Gasteiger partial charge in [0.2, 0.25) is 0 Å². The van der Waals surface area contributed by atoms with E-state index in [0.717, 1.165) is 17.9 Å². The standard InChI is InChI=1S/C19H34O3S2/c1-15-6-5-7-19(3,4)18(15)17(20)14-16(2)24-13-11-22-9-8-21-10-12-23/h5-6,15-16,18,23H,7-14H2,1-4H3. The lowest BCUT2D eigenvalue weighted by Crippen LogP contribution is -2.38. The molecule has 0 saturated heterocycles. The third kappa shape index (κ3) is 7.94. The Morgan fingerprint density at radius 1 is 1.29 bits per heavy atom. The maximum Gasteiger partial charge on any atom is 0.138 e. The summed E-state index contributed by atoms with van der Waals surface area (Å²) in [6.45, 7) is 11.4. The van der Waals surface area contributed by atoms with Crippen LogP contribution in [0.1, 0.15) is 40.5 Å². The molecule has 1 aliphatic carbocycles. The first-order valence-electron chi connectivity index (χ1n) is 8.96. The van der Waals surface area contributed by atoms with Crippen molar-refractivity contribution >= 4 is 30.2 Å². The van der Waals surface area contributed by atoms with E-state index >= 15 is 0 Å². The summed E-state index contributed by atoms with van der Waals surface area (Å²) in [6, 6.07) is 0. The van der Waals surface area contributed by atoms with Crippen LogP contribution in [0.3, 0.4) is 0 Å². The second kappa shape index (κ2) is 11.6. The summed E-state index contributed by atoms with van der Waals surface area (Å²) in [4.78, 5) is 12.8. The van der Waals surface area contributed by atoms with E-state index < -0.39 is 0 Å². The number of Topliss-reactive ketones (excluding diaryl/α,β-unsaturated/α-hetero) is 1. The molecule has 0 heterocycles. The van der Waals surface area contributed by atoms with E-state index in [2.05, 4.69) is 52.5 Å². The molecule has 0 radical (unpaired) electrons. The predicted molar refractivity (Wildman–Crippen MR) is 107 cm³/mol. The summed E-state index contributed by atoms with van der Waals surface area (Å²) in [5, 5.41) is 0.343. The Balaban J connectivity index is 2.21. The van der Waals surface area contributed by atoms with E-state index in [4.69, 9.17) is 9.47 Å². The molecule has 24 heavy (non-hydrogen) atoms. The molecule has 0 spiro atoms. The van der Waals surface area contributed by atoms with Crippen LogP contribution in [-0.4, -0.2) is 49.0 Å². The Hall–Kier alpha value is 0.0300. The lowest BCUT2D eigenvalue weighted by Gasteiger charge is -2.39. The Kier molecular flexibility index (Phi) is 10.7. The van der Waals surface area contributed by atoms with Crippen molar-refractivity contribution in [2.75, 3.05) is 37.9 Å². The minimum Gasteiger partial charge on any atom is -0.378 e. The van der Waals surface area contributed by atoms with Gasteiger partial charge in [-0.05, 0) is 17.8 Å². The zero-order chi connectivity index (χ0) is 18.0. The molecule has 3 atom stereocenters. The van der Waals surface area contributed by atoms with Gasteiger partial charge in [-0.25, -0.2) is 0 Å². The van der Waals surface area contributed by atoms with E-state index in [1.807, 2.05) is 11.8 Å². The van der Waals surface area contributed by atoms with Gasteiger partial charge in [0.1, 0.15) is 5.78 Å². The molecule has 1 rings (SSSR count). The third-order valence-corrected chi connectivity index (χ3v) is 5.85. The third-order valence-electron chi connectivity index (χ3n) is 4.52. The van der Waals surface area contributed by atoms with E-state index in [1.54, 1.807) is 0 Å². The number of hydrogen-bond acceptors (Lipinski definition) is 5. The topological polar surface area (TPSA) is 35.5 Å². The molecule has 5 heteroatoms. The number of ether oxygens (including phenoxy) is 2. The summed E-state index contributed by atoms with van der Waals surface area (Å²) >= 11 is 5.90. The molecule has 140 valence electrons. The number of carbonyl (C=O) groups excluding carboxylic acids is 1. The van der Waals surface area contributed by atoms with Crippen LogP contribution in [0, 0.1) is 17.3 Å². The van der Waals surface area contributed by atoms with Crippen molar-refractivity contribution in [1.82, 2.24) is 0 Å². The molecule has 0 aliphatic heterocycles. The van der Waals surface area contributed by atoms with Crippen molar-refractivity contribution in [2.45, 2.75) is 45.8 Å². The van der Waals surface area contributed by atoms with Crippen LogP contribution in [-0.2, 0) is 14.3 Å². The van der Waals surface area contributed by atoms with Crippen LogP contribution in [0.2, 0.25) is 0 Å². The largest absolute Gasteiger partial charge is 0.378 e. The van der Waals surface area contributed by atoms with Crippen LogP contribution in [0.4, 0.5) is 0 Å². The Bertz CT molecular complexity index is 396. The Morgan fingerprint density at radius 2 is 1.96 bits per heavy atom. The lowest BCUT2D eigenvalue weighted by atomic mass is 9.65. The smallest absolute Gasteiger partial charge is 0.138 e. The molecule has 0 aromatic carbocycles. The van der Waals surface area contributed by atoms with Gasteiger partial charge in [0.15, 0.2) is 0 Å². The normalized spacial score (nSPS) is 24.0. The summed E-state index contributed by atoms with van der Waals surface area (Å²) in [5.41, 5.74) is 0.0752. The first kappa shape index (κ1) is 22.1. The Morgan fingerprint density at radius 3 is 2.58 bits per heavy atom. The van der Waals surface area contributed by atoms with Gasteiger partial charge in [0.05, 0.1) is 26.4 Å². The highest BCUT2D eigenvalue weighted by molar-refractivity contribution is 7.99. The number of carbonyl (C=O) groups is 1. The summed E-state index contributed by atoms with van der Waals surface area (Å²) in [6.07, 6.45) is 6.08. The van der Waals surface area contributed by atoms with Gasteiger partial charge in [-0.3, -0.25) is 4.79 Å². The average molecular weight is 375 g/mol. The number of thiol groups is 1. The molecule has 1 aliphatic rings. The second-order valence-corrected chi connectivity index (χ2v) is 9.25. The molecule has 3 nitrogen and oxygen atoms in total. The molecule has 0 amide bonds.